The number of hydrogen-bond acceptors (Lipinski definition) is 4. The van der Waals surface area contributed by atoms with Gasteiger partial charge in [0.05, 0.1) is 4.90 Å². The Labute approximate surface area is 114 Å². The molecule has 1 aromatic rings. The van der Waals surface area contributed by atoms with Crippen LogP contribution in [0.1, 0.15) is 19.8 Å². The minimum atomic E-state index is -3.37. The van der Waals surface area contributed by atoms with E-state index < -0.39 is 10.0 Å². The fourth-order valence-electron chi connectivity index (χ4n) is 1.75. The van der Waals surface area contributed by atoms with Gasteiger partial charge in [0, 0.05) is 12.6 Å². The van der Waals surface area contributed by atoms with E-state index in [0.29, 0.717) is 5.75 Å². The summed E-state index contributed by atoms with van der Waals surface area (Å²) in [5, 5.41) is 3.02. The topological polar surface area (TPSA) is 67.4 Å². The van der Waals surface area contributed by atoms with Crippen LogP contribution in [-0.2, 0) is 10.0 Å². The molecule has 1 aromatic carbocycles. The zero-order chi connectivity index (χ0) is 13.9. The van der Waals surface area contributed by atoms with Crippen LogP contribution in [0.5, 0.6) is 5.75 Å². The maximum Gasteiger partial charge on any atom is 0.240 e. The molecule has 5 nitrogen and oxygen atoms in total. The van der Waals surface area contributed by atoms with Gasteiger partial charge in [-0.05, 0) is 51.1 Å². The molecule has 2 N–H and O–H groups in total. The van der Waals surface area contributed by atoms with Crippen LogP contribution in [-0.4, -0.2) is 34.2 Å². The zero-order valence-electron chi connectivity index (χ0n) is 11.2. The van der Waals surface area contributed by atoms with Gasteiger partial charge < -0.3 is 10.1 Å². The third kappa shape index (κ3) is 4.19. The number of ether oxygens (including phenoxy) is 1. The molecule has 1 aliphatic carbocycles. The van der Waals surface area contributed by atoms with Crippen molar-refractivity contribution in [2.75, 3.05) is 13.6 Å². The van der Waals surface area contributed by atoms with Crippen molar-refractivity contribution in [2.24, 2.45) is 0 Å². The Morgan fingerprint density at radius 1 is 1.32 bits per heavy atom. The average Bonchev–Trinajstić information content (AvgIpc) is 3.13. The van der Waals surface area contributed by atoms with E-state index in [2.05, 4.69) is 10.0 Å². The van der Waals surface area contributed by atoms with Gasteiger partial charge in [-0.2, -0.15) is 0 Å². The van der Waals surface area contributed by atoms with E-state index in [0.717, 1.165) is 19.4 Å². The highest BCUT2D eigenvalue weighted by Crippen LogP contribution is 2.23. The first-order chi connectivity index (χ1) is 9.01. The summed E-state index contributed by atoms with van der Waals surface area (Å²) in [6.07, 6.45) is 1.90. The Morgan fingerprint density at radius 3 is 2.47 bits per heavy atom. The Kier molecular flexibility index (Phi) is 4.44. The summed E-state index contributed by atoms with van der Waals surface area (Å²) in [6, 6.07) is 6.65. The Bertz CT molecular complexity index is 509. The summed E-state index contributed by atoms with van der Waals surface area (Å²) < 4.78 is 32.2. The molecule has 19 heavy (non-hydrogen) atoms. The molecule has 0 bridgehead atoms. The monoisotopic (exact) mass is 284 g/mol. The second-order valence-corrected chi connectivity index (χ2v) is 6.57. The zero-order valence-corrected chi connectivity index (χ0v) is 12.0. The first-order valence-corrected chi connectivity index (χ1v) is 7.93. The van der Waals surface area contributed by atoms with Crippen LogP contribution in [0.3, 0.4) is 0 Å². The van der Waals surface area contributed by atoms with Gasteiger partial charge in [0.15, 0.2) is 0 Å². The maximum absolute atomic E-state index is 12.0. The van der Waals surface area contributed by atoms with Crippen LogP contribution >= 0.6 is 0 Å². The summed E-state index contributed by atoms with van der Waals surface area (Å²) >= 11 is 0. The van der Waals surface area contributed by atoms with Crippen molar-refractivity contribution in [3.8, 4) is 5.75 Å². The highest BCUT2D eigenvalue weighted by molar-refractivity contribution is 7.89. The highest BCUT2D eigenvalue weighted by atomic mass is 32.2. The third-order valence-corrected chi connectivity index (χ3v) is 4.40. The normalized spacial score (nSPS) is 17.2. The third-order valence-electron chi connectivity index (χ3n) is 2.86. The fourth-order valence-corrected chi connectivity index (χ4v) is 3.05. The Hall–Kier alpha value is -1.11. The maximum atomic E-state index is 12.0. The molecule has 6 heteroatoms. The van der Waals surface area contributed by atoms with Crippen molar-refractivity contribution in [2.45, 2.75) is 36.8 Å². The Morgan fingerprint density at radius 2 is 1.95 bits per heavy atom. The van der Waals surface area contributed by atoms with Crippen LogP contribution < -0.4 is 14.8 Å². The molecule has 1 unspecified atom stereocenters. The highest BCUT2D eigenvalue weighted by Gasteiger charge is 2.27. The standard InChI is InChI=1S/C13H20N2O3S/c1-10(9-14-2)18-12-5-7-13(8-6-12)19(16,17)15-11-3-4-11/h5-8,10-11,14-15H,3-4,9H2,1-2H3. The molecule has 0 spiro atoms. The molecule has 1 fully saturated rings. The van der Waals surface area contributed by atoms with Crippen molar-refractivity contribution in [1.82, 2.24) is 10.0 Å². The van der Waals surface area contributed by atoms with Crippen molar-refractivity contribution in [3.63, 3.8) is 0 Å². The first kappa shape index (κ1) is 14.3. The second-order valence-electron chi connectivity index (χ2n) is 4.85. The number of sulfonamides is 1. The van der Waals surface area contributed by atoms with E-state index in [4.69, 9.17) is 4.74 Å². The van der Waals surface area contributed by atoms with Crippen LogP contribution in [0, 0.1) is 0 Å². The van der Waals surface area contributed by atoms with E-state index >= 15 is 0 Å². The van der Waals surface area contributed by atoms with E-state index in [1.165, 1.54) is 0 Å². The largest absolute Gasteiger partial charge is 0.489 e. The summed E-state index contributed by atoms with van der Waals surface area (Å²) in [5.74, 6) is 0.674. The second kappa shape index (κ2) is 5.90. The molecule has 0 heterocycles. The number of rotatable bonds is 7. The lowest BCUT2D eigenvalue weighted by atomic mass is 10.3. The molecular formula is C13H20N2O3S. The number of benzene rings is 1. The van der Waals surface area contributed by atoms with E-state index in [9.17, 15) is 8.42 Å². The lowest BCUT2D eigenvalue weighted by Crippen LogP contribution is -2.26. The minimum Gasteiger partial charge on any atom is -0.489 e. The fraction of sp³-hybridized carbons (Fsp3) is 0.538. The molecule has 1 saturated carbocycles. The lowest BCUT2D eigenvalue weighted by Gasteiger charge is -2.14. The van der Waals surface area contributed by atoms with Gasteiger partial charge in [0.1, 0.15) is 11.9 Å². The molecule has 0 radical (unpaired) electrons. The van der Waals surface area contributed by atoms with E-state index in [1.807, 2.05) is 14.0 Å². The predicted molar refractivity (Wildman–Crippen MR) is 73.8 cm³/mol. The van der Waals surface area contributed by atoms with Gasteiger partial charge in [-0.15, -0.1) is 0 Å². The van der Waals surface area contributed by atoms with Crippen molar-refractivity contribution in [3.05, 3.63) is 24.3 Å². The molecular weight excluding hydrogens is 264 g/mol. The van der Waals surface area contributed by atoms with Crippen LogP contribution in [0.15, 0.2) is 29.2 Å². The average molecular weight is 284 g/mol. The number of likely N-dealkylation sites (N-methyl/N-ethyl adjacent to an activating group) is 1. The van der Waals surface area contributed by atoms with Gasteiger partial charge in [-0.1, -0.05) is 0 Å². The number of nitrogens with one attached hydrogen (secondary N) is 2. The predicted octanol–water partition coefficient (Wildman–Crippen LogP) is 1.11. The van der Waals surface area contributed by atoms with Gasteiger partial charge >= 0.3 is 0 Å². The molecule has 1 aliphatic rings. The molecule has 0 amide bonds. The van der Waals surface area contributed by atoms with Crippen LogP contribution in [0.25, 0.3) is 0 Å². The summed E-state index contributed by atoms with van der Waals surface area (Å²) in [5.41, 5.74) is 0. The number of hydrogen-bond donors (Lipinski definition) is 2. The lowest BCUT2D eigenvalue weighted by molar-refractivity contribution is 0.220. The van der Waals surface area contributed by atoms with Crippen LogP contribution in [0.4, 0.5) is 0 Å². The summed E-state index contributed by atoms with van der Waals surface area (Å²) in [4.78, 5) is 0.285. The molecule has 1 atom stereocenters. The molecule has 2 rings (SSSR count). The molecule has 0 aliphatic heterocycles. The Balaban J connectivity index is 2.01. The van der Waals surface area contributed by atoms with E-state index in [1.54, 1.807) is 24.3 Å². The molecule has 0 saturated heterocycles. The van der Waals surface area contributed by atoms with Gasteiger partial charge in [-0.3, -0.25) is 0 Å². The van der Waals surface area contributed by atoms with Gasteiger partial charge in [-0.25, -0.2) is 13.1 Å². The van der Waals surface area contributed by atoms with Crippen molar-refractivity contribution < 1.29 is 13.2 Å². The van der Waals surface area contributed by atoms with Crippen molar-refractivity contribution in [1.29, 1.82) is 0 Å². The molecule has 0 aromatic heterocycles. The van der Waals surface area contributed by atoms with Crippen LogP contribution in [0.2, 0.25) is 0 Å². The minimum absolute atomic E-state index is 0.0389. The van der Waals surface area contributed by atoms with Gasteiger partial charge in [0.25, 0.3) is 0 Å². The SMILES string of the molecule is CNCC(C)Oc1ccc(S(=O)(=O)NC2CC2)cc1. The summed E-state index contributed by atoms with van der Waals surface area (Å²) in [6.45, 7) is 2.69. The quantitative estimate of drug-likeness (QED) is 0.787. The molecule has 106 valence electrons. The summed E-state index contributed by atoms with van der Waals surface area (Å²) in [7, 11) is -1.51. The smallest absolute Gasteiger partial charge is 0.240 e. The first-order valence-electron chi connectivity index (χ1n) is 6.45. The van der Waals surface area contributed by atoms with E-state index in [-0.39, 0.29) is 17.0 Å². The van der Waals surface area contributed by atoms with Crippen molar-refractivity contribution >= 4 is 10.0 Å². The van der Waals surface area contributed by atoms with Gasteiger partial charge in [0.2, 0.25) is 10.0 Å².